The number of nitrogens with zero attached hydrogens (tertiary/aromatic N) is 1. The highest BCUT2D eigenvalue weighted by Gasteiger charge is 2.11. The van der Waals surface area contributed by atoms with Gasteiger partial charge in [0.15, 0.2) is 0 Å². The molecule has 1 rings (SSSR count). The normalized spacial score (nSPS) is 13.0. The molecule has 1 aromatic rings. The van der Waals surface area contributed by atoms with Crippen LogP contribution in [-0.4, -0.2) is 29.6 Å². The molecule has 1 N–H and O–H groups in total. The van der Waals surface area contributed by atoms with Crippen LogP contribution in [0.5, 0.6) is 0 Å². The van der Waals surface area contributed by atoms with Crippen LogP contribution in [0.4, 0.5) is 0 Å². The molecular formula is C15H25NO. The molecule has 1 unspecified atom stereocenters. The minimum absolute atomic E-state index is 0.368. The molecule has 2 heteroatoms. The fraction of sp³-hybridized carbons (Fsp3) is 0.600. The fourth-order valence-electron chi connectivity index (χ4n) is 1.90. The number of hydrogen-bond acceptors (Lipinski definition) is 2. The third-order valence-electron chi connectivity index (χ3n) is 3.17. The lowest BCUT2D eigenvalue weighted by atomic mass is 10.1. The van der Waals surface area contributed by atoms with Crippen LogP contribution in [0.15, 0.2) is 24.3 Å². The third kappa shape index (κ3) is 4.88. The quantitative estimate of drug-likeness (QED) is 0.785. The molecule has 0 fully saturated rings. The van der Waals surface area contributed by atoms with E-state index in [0.717, 1.165) is 25.2 Å². The Labute approximate surface area is 105 Å². The number of hydrogen-bond donors (Lipinski definition) is 1. The van der Waals surface area contributed by atoms with Gasteiger partial charge in [0.2, 0.25) is 0 Å². The maximum absolute atomic E-state index is 10.2. The Bertz CT molecular complexity index is 307. The molecule has 0 heterocycles. The lowest BCUT2D eigenvalue weighted by molar-refractivity contribution is 0.115. The highest BCUT2D eigenvalue weighted by atomic mass is 16.3. The van der Waals surface area contributed by atoms with Crippen LogP contribution < -0.4 is 0 Å². The number of unbranched alkanes of at least 4 members (excludes halogenated alkanes) is 1. The predicted octanol–water partition coefficient (Wildman–Crippen LogP) is 3.15. The van der Waals surface area contributed by atoms with E-state index in [4.69, 9.17) is 0 Å². The molecule has 0 amide bonds. The van der Waals surface area contributed by atoms with E-state index >= 15 is 0 Å². The van der Waals surface area contributed by atoms with Gasteiger partial charge in [-0.2, -0.15) is 0 Å². The Hall–Kier alpha value is -0.860. The Morgan fingerprint density at radius 2 is 1.82 bits per heavy atom. The second kappa shape index (κ2) is 7.46. The molecule has 0 aromatic heterocycles. The highest BCUT2D eigenvalue weighted by molar-refractivity contribution is 5.23. The first-order valence-corrected chi connectivity index (χ1v) is 6.64. The van der Waals surface area contributed by atoms with Crippen LogP contribution in [-0.2, 0) is 0 Å². The van der Waals surface area contributed by atoms with Gasteiger partial charge in [-0.05, 0) is 32.0 Å². The van der Waals surface area contributed by atoms with Crippen LogP contribution in [0.1, 0.15) is 43.9 Å². The van der Waals surface area contributed by atoms with Crippen LogP contribution >= 0.6 is 0 Å². The van der Waals surface area contributed by atoms with Gasteiger partial charge in [-0.1, -0.05) is 50.1 Å². The lowest BCUT2D eigenvalue weighted by Crippen LogP contribution is -2.29. The standard InChI is InChI=1S/C15H25NO/c1-4-6-11-16(5-2)12-15(17)14-9-7-13(3)8-10-14/h7-10,15,17H,4-6,11-12H2,1-3H3. The zero-order chi connectivity index (χ0) is 12.7. The monoisotopic (exact) mass is 235 g/mol. The summed E-state index contributed by atoms with van der Waals surface area (Å²) in [6.45, 7) is 9.23. The van der Waals surface area contributed by atoms with Crippen molar-refractivity contribution in [3.05, 3.63) is 35.4 Å². The summed E-state index contributed by atoms with van der Waals surface area (Å²) in [4.78, 5) is 2.31. The Balaban J connectivity index is 2.51. The number of aliphatic hydroxyl groups excluding tert-OH is 1. The van der Waals surface area contributed by atoms with Crippen molar-refractivity contribution in [1.82, 2.24) is 4.90 Å². The van der Waals surface area contributed by atoms with E-state index in [2.05, 4.69) is 37.8 Å². The minimum Gasteiger partial charge on any atom is -0.387 e. The van der Waals surface area contributed by atoms with Gasteiger partial charge in [-0.25, -0.2) is 0 Å². The van der Waals surface area contributed by atoms with Crippen molar-refractivity contribution < 1.29 is 5.11 Å². The summed E-state index contributed by atoms with van der Waals surface area (Å²) >= 11 is 0. The van der Waals surface area contributed by atoms with Crippen molar-refractivity contribution in [2.75, 3.05) is 19.6 Å². The molecule has 1 aromatic carbocycles. The lowest BCUT2D eigenvalue weighted by Gasteiger charge is -2.23. The summed E-state index contributed by atoms with van der Waals surface area (Å²) < 4.78 is 0. The van der Waals surface area contributed by atoms with Gasteiger partial charge in [0.1, 0.15) is 0 Å². The molecule has 0 saturated carbocycles. The molecule has 17 heavy (non-hydrogen) atoms. The third-order valence-corrected chi connectivity index (χ3v) is 3.17. The number of aryl methyl sites for hydroxylation is 1. The van der Waals surface area contributed by atoms with Gasteiger partial charge in [-0.3, -0.25) is 0 Å². The summed E-state index contributed by atoms with van der Waals surface area (Å²) in [5.74, 6) is 0. The number of rotatable bonds is 7. The maximum Gasteiger partial charge on any atom is 0.0916 e. The van der Waals surface area contributed by atoms with E-state index in [1.807, 2.05) is 12.1 Å². The fourth-order valence-corrected chi connectivity index (χ4v) is 1.90. The van der Waals surface area contributed by atoms with Gasteiger partial charge in [0.25, 0.3) is 0 Å². The Morgan fingerprint density at radius 1 is 1.18 bits per heavy atom. The average molecular weight is 235 g/mol. The van der Waals surface area contributed by atoms with Crippen molar-refractivity contribution in [2.24, 2.45) is 0 Å². The molecule has 0 saturated heterocycles. The van der Waals surface area contributed by atoms with E-state index in [1.54, 1.807) is 0 Å². The van der Waals surface area contributed by atoms with Crippen molar-refractivity contribution in [3.63, 3.8) is 0 Å². The van der Waals surface area contributed by atoms with Crippen LogP contribution in [0, 0.1) is 6.92 Å². The maximum atomic E-state index is 10.2. The second-order valence-electron chi connectivity index (χ2n) is 4.67. The van der Waals surface area contributed by atoms with E-state index in [1.165, 1.54) is 18.4 Å². The summed E-state index contributed by atoms with van der Waals surface area (Å²) in [6.07, 6.45) is 2.04. The molecule has 0 aliphatic carbocycles. The summed E-state index contributed by atoms with van der Waals surface area (Å²) in [5, 5.41) is 10.2. The van der Waals surface area contributed by atoms with Crippen molar-refractivity contribution in [3.8, 4) is 0 Å². The van der Waals surface area contributed by atoms with Crippen molar-refractivity contribution >= 4 is 0 Å². The van der Waals surface area contributed by atoms with E-state index in [9.17, 15) is 5.11 Å². The molecule has 0 aliphatic rings. The van der Waals surface area contributed by atoms with Gasteiger partial charge in [0.05, 0.1) is 6.10 Å². The molecule has 0 spiro atoms. The largest absolute Gasteiger partial charge is 0.387 e. The SMILES string of the molecule is CCCCN(CC)CC(O)c1ccc(C)cc1. The van der Waals surface area contributed by atoms with Crippen molar-refractivity contribution in [1.29, 1.82) is 0 Å². The van der Waals surface area contributed by atoms with Crippen molar-refractivity contribution in [2.45, 2.75) is 39.7 Å². The molecule has 2 nitrogen and oxygen atoms in total. The Kier molecular flexibility index (Phi) is 6.23. The second-order valence-corrected chi connectivity index (χ2v) is 4.67. The number of aliphatic hydroxyl groups is 1. The molecule has 96 valence electrons. The first-order valence-electron chi connectivity index (χ1n) is 6.64. The summed E-state index contributed by atoms with van der Waals surface area (Å²) in [7, 11) is 0. The van der Waals surface area contributed by atoms with Gasteiger partial charge >= 0.3 is 0 Å². The Morgan fingerprint density at radius 3 is 2.35 bits per heavy atom. The number of likely N-dealkylation sites (N-methyl/N-ethyl adjacent to an activating group) is 1. The summed E-state index contributed by atoms with van der Waals surface area (Å²) in [6, 6.07) is 8.16. The first kappa shape index (κ1) is 14.2. The summed E-state index contributed by atoms with van der Waals surface area (Å²) in [5.41, 5.74) is 2.25. The minimum atomic E-state index is -0.368. The highest BCUT2D eigenvalue weighted by Crippen LogP contribution is 2.15. The molecule has 1 atom stereocenters. The number of benzene rings is 1. The molecule has 0 aliphatic heterocycles. The molecule has 0 bridgehead atoms. The first-order chi connectivity index (χ1) is 8.17. The van der Waals surface area contributed by atoms with Gasteiger partial charge in [0, 0.05) is 6.54 Å². The van der Waals surface area contributed by atoms with Gasteiger partial charge < -0.3 is 10.0 Å². The van der Waals surface area contributed by atoms with E-state index < -0.39 is 0 Å². The van der Waals surface area contributed by atoms with Crippen LogP contribution in [0.25, 0.3) is 0 Å². The van der Waals surface area contributed by atoms with E-state index in [0.29, 0.717) is 0 Å². The average Bonchev–Trinajstić information content (AvgIpc) is 2.35. The van der Waals surface area contributed by atoms with Gasteiger partial charge in [-0.15, -0.1) is 0 Å². The smallest absolute Gasteiger partial charge is 0.0916 e. The molecule has 0 radical (unpaired) electrons. The van der Waals surface area contributed by atoms with Crippen LogP contribution in [0.2, 0.25) is 0 Å². The zero-order valence-electron chi connectivity index (χ0n) is 11.3. The topological polar surface area (TPSA) is 23.5 Å². The molecular weight excluding hydrogens is 210 g/mol. The van der Waals surface area contributed by atoms with Crippen LogP contribution in [0.3, 0.4) is 0 Å². The zero-order valence-corrected chi connectivity index (χ0v) is 11.3. The van der Waals surface area contributed by atoms with E-state index in [-0.39, 0.29) is 6.10 Å². The predicted molar refractivity (Wildman–Crippen MR) is 73.2 cm³/mol.